The second-order valence-corrected chi connectivity index (χ2v) is 4.18. The van der Waals surface area contributed by atoms with Gasteiger partial charge in [0.1, 0.15) is 5.82 Å². The van der Waals surface area contributed by atoms with Crippen molar-refractivity contribution in [3.63, 3.8) is 0 Å². The molecule has 0 aromatic heterocycles. The molecule has 2 rings (SSSR count). The van der Waals surface area contributed by atoms with Gasteiger partial charge in [0.2, 0.25) is 0 Å². The summed E-state index contributed by atoms with van der Waals surface area (Å²) >= 11 is 0. The van der Waals surface area contributed by atoms with E-state index in [2.05, 4.69) is 5.32 Å². The summed E-state index contributed by atoms with van der Waals surface area (Å²) in [5, 5.41) is 3.37. The highest BCUT2D eigenvalue weighted by molar-refractivity contribution is 5.44. The van der Waals surface area contributed by atoms with Crippen LogP contribution in [-0.2, 0) is 0 Å². The third-order valence-corrected chi connectivity index (χ3v) is 3.17. The van der Waals surface area contributed by atoms with E-state index in [1.54, 1.807) is 12.1 Å². The van der Waals surface area contributed by atoms with Crippen LogP contribution in [0.1, 0.15) is 19.3 Å². The standard InChI is InChI=1S/C12H17FN2/c13-10-4-6-11(7-5-10)15-12(8-14)9-2-1-3-9/h4-7,9,12,15H,1-3,8,14H2. The zero-order valence-electron chi connectivity index (χ0n) is 8.75. The molecule has 1 aliphatic carbocycles. The van der Waals surface area contributed by atoms with Gasteiger partial charge in [0.25, 0.3) is 0 Å². The van der Waals surface area contributed by atoms with E-state index in [1.165, 1.54) is 31.4 Å². The zero-order valence-corrected chi connectivity index (χ0v) is 8.75. The predicted molar refractivity (Wildman–Crippen MR) is 60.2 cm³/mol. The molecule has 1 unspecified atom stereocenters. The molecule has 0 bridgehead atoms. The van der Waals surface area contributed by atoms with Crippen LogP contribution < -0.4 is 11.1 Å². The van der Waals surface area contributed by atoms with E-state index in [-0.39, 0.29) is 5.82 Å². The lowest BCUT2D eigenvalue weighted by Crippen LogP contribution is -2.39. The maximum atomic E-state index is 12.7. The molecule has 0 spiro atoms. The normalized spacial score (nSPS) is 18.3. The van der Waals surface area contributed by atoms with Crippen molar-refractivity contribution in [2.45, 2.75) is 25.3 Å². The summed E-state index contributed by atoms with van der Waals surface area (Å²) < 4.78 is 12.7. The molecule has 1 aromatic carbocycles. The third kappa shape index (κ3) is 2.48. The molecular weight excluding hydrogens is 191 g/mol. The highest BCUT2D eigenvalue weighted by Gasteiger charge is 2.25. The minimum atomic E-state index is -0.200. The number of nitrogens with two attached hydrogens (primary N) is 1. The molecule has 1 aliphatic rings. The van der Waals surface area contributed by atoms with Gasteiger partial charge in [-0.3, -0.25) is 0 Å². The molecule has 1 saturated carbocycles. The molecule has 1 fully saturated rings. The average molecular weight is 208 g/mol. The smallest absolute Gasteiger partial charge is 0.123 e. The first-order chi connectivity index (χ1) is 7.29. The van der Waals surface area contributed by atoms with Crippen LogP contribution in [0.4, 0.5) is 10.1 Å². The topological polar surface area (TPSA) is 38.0 Å². The van der Waals surface area contributed by atoms with Crippen LogP contribution >= 0.6 is 0 Å². The molecular formula is C12H17FN2. The summed E-state index contributed by atoms with van der Waals surface area (Å²) in [6.07, 6.45) is 3.83. The van der Waals surface area contributed by atoms with Gasteiger partial charge in [0.05, 0.1) is 0 Å². The average Bonchev–Trinajstić information content (AvgIpc) is 2.17. The van der Waals surface area contributed by atoms with Crippen LogP contribution in [0.15, 0.2) is 24.3 Å². The third-order valence-electron chi connectivity index (χ3n) is 3.17. The molecule has 2 nitrogen and oxygen atoms in total. The van der Waals surface area contributed by atoms with Crippen LogP contribution in [0.25, 0.3) is 0 Å². The minimum Gasteiger partial charge on any atom is -0.381 e. The van der Waals surface area contributed by atoms with E-state index >= 15 is 0 Å². The number of anilines is 1. The lowest BCUT2D eigenvalue weighted by atomic mass is 9.79. The summed E-state index contributed by atoms with van der Waals surface area (Å²) in [6.45, 7) is 0.641. The molecule has 0 heterocycles. The first-order valence-electron chi connectivity index (χ1n) is 5.52. The van der Waals surface area contributed by atoms with Gasteiger partial charge in [-0.25, -0.2) is 4.39 Å². The second-order valence-electron chi connectivity index (χ2n) is 4.18. The SMILES string of the molecule is NCC(Nc1ccc(F)cc1)C1CCC1. The number of hydrogen-bond donors (Lipinski definition) is 2. The van der Waals surface area contributed by atoms with Crippen LogP contribution in [0.2, 0.25) is 0 Å². The fourth-order valence-corrected chi connectivity index (χ4v) is 1.97. The Bertz CT molecular complexity index is 306. The fourth-order valence-electron chi connectivity index (χ4n) is 1.97. The maximum absolute atomic E-state index is 12.7. The summed E-state index contributed by atoms with van der Waals surface area (Å²) in [7, 11) is 0. The lowest BCUT2D eigenvalue weighted by molar-refractivity contribution is 0.277. The number of hydrogen-bond acceptors (Lipinski definition) is 2. The summed E-state index contributed by atoms with van der Waals surface area (Å²) in [5.41, 5.74) is 6.68. The second kappa shape index (κ2) is 4.62. The Labute approximate surface area is 89.7 Å². The highest BCUT2D eigenvalue weighted by Crippen LogP contribution is 2.30. The summed E-state index contributed by atoms with van der Waals surface area (Å²) in [5.74, 6) is 0.494. The van der Waals surface area contributed by atoms with Gasteiger partial charge >= 0.3 is 0 Å². The fraction of sp³-hybridized carbons (Fsp3) is 0.500. The lowest BCUT2D eigenvalue weighted by Gasteiger charge is -2.34. The summed E-state index contributed by atoms with van der Waals surface area (Å²) in [4.78, 5) is 0. The minimum absolute atomic E-state index is 0.200. The van der Waals surface area contributed by atoms with Crippen LogP contribution in [0, 0.1) is 11.7 Å². The summed E-state index contributed by atoms with van der Waals surface area (Å²) in [6, 6.07) is 6.80. The van der Waals surface area contributed by atoms with Crippen molar-refractivity contribution in [3.05, 3.63) is 30.1 Å². The largest absolute Gasteiger partial charge is 0.381 e. The van der Waals surface area contributed by atoms with Gasteiger partial charge in [-0.2, -0.15) is 0 Å². The molecule has 3 heteroatoms. The molecule has 1 atom stereocenters. The number of rotatable bonds is 4. The molecule has 0 radical (unpaired) electrons. The number of nitrogens with one attached hydrogen (secondary N) is 1. The molecule has 15 heavy (non-hydrogen) atoms. The van der Waals surface area contributed by atoms with Crippen LogP contribution in [0.3, 0.4) is 0 Å². The molecule has 3 N–H and O–H groups in total. The van der Waals surface area contributed by atoms with Gasteiger partial charge < -0.3 is 11.1 Å². The monoisotopic (exact) mass is 208 g/mol. The van der Waals surface area contributed by atoms with Gasteiger partial charge in [-0.15, -0.1) is 0 Å². The molecule has 0 amide bonds. The maximum Gasteiger partial charge on any atom is 0.123 e. The Morgan fingerprint density at radius 3 is 2.47 bits per heavy atom. The van der Waals surface area contributed by atoms with Crippen molar-refractivity contribution in [2.75, 3.05) is 11.9 Å². The van der Waals surface area contributed by atoms with Crippen molar-refractivity contribution in [1.29, 1.82) is 0 Å². The molecule has 0 aliphatic heterocycles. The van der Waals surface area contributed by atoms with Crippen molar-refractivity contribution >= 4 is 5.69 Å². The Morgan fingerprint density at radius 1 is 1.33 bits per heavy atom. The van der Waals surface area contributed by atoms with E-state index < -0.39 is 0 Å². The van der Waals surface area contributed by atoms with Crippen LogP contribution in [0.5, 0.6) is 0 Å². The van der Waals surface area contributed by atoms with Gasteiger partial charge in [-0.1, -0.05) is 6.42 Å². The number of halogens is 1. The zero-order chi connectivity index (χ0) is 10.7. The van der Waals surface area contributed by atoms with Gasteiger partial charge in [-0.05, 0) is 43.0 Å². The first kappa shape index (κ1) is 10.4. The predicted octanol–water partition coefficient (Wildman–Crippen LogP) is 2.37. The molecule has 82 valence electrons. The van der Waals surface area contributed by atoms with Crippen molar-refractivity contribution < 1.29 is 4.39 Å². The van der Waals surface area contributed by atoms with E-state index in [4.69, 9.17) is 5.73 Å². The van der Waals surface area contributed by atoms with Gasteiger partial charge in [0.15, 0.2) is 0 Å². The molecule has 1 aromatic rings. The Kier molecular flexibility index (Phi) is 3.21. The van der Waals surface area contributed by atoms with Gasteiger partial charge in [0, 0.05) is 18.3 Å². The van der Waals surface area contributed by atoms with Crippen molar-refractivity contribution in [3.8, 4) is 0 Å². The van der Waals surface area contributed by atoms with Crippen molar-refractivity contribution in [2.24, 2.45) is 11.7 Å². The Balaban J connectivity index is 1.96. The van der Waals surface area contributed by atoms with E-state index in [0.29, 0.717) is 18.5 Å². The van der Waals surface area contributed by atoms with E-state index in [9.17, 15) is 4.39 Å². The van der Waals surface area contributed by atoms with E-state index in [0.717, 1.165) is 5.69 Å². The quantitative estimate of drug-likeness (QED) is 0.797. The first-order valence-corrected chi connectivity index (χ1v) is 5.52. The van der Waals surface area contributed by atoms with Crippen LogP contribution in [-0.4, -0.2) is 12.6 Å². The number of benzene rings is 1. The van der Waals surface area contributed by atoms with Crippen molar-refractivity contribution in [1.82, 2.24) is 0 Å². The van der Waals surface area contributed by atoms with E-state index in [1.807, 2.05) is 0 Å². The molecule has 0 saturated heterocycles. The Morgan fingerprint density at radius 2 is 2.00 bits per heavy atom. The Hall–Kier alpha value is -1.09. The highest BCUT2D eigenvalue weighted by atomic mass is 19.1.